The Morgan fingerprint density at radius 1 is 1.33 bits per heavy atom. The van der Waals surface area contributed by atoms with Gasteiger partial charge >= 0.3 is 12.1 Å². The summed E-state index contributed by atoms with van der Waals surface area (Å²) in [5.41, 5.74) is -0.541. The summed E-state index contributed by atoms with van der Waals surface area (Å²) in [5.74, 6) is -1.36. The highest BCUT2D eigenvalue weighted by Crippen LogP contribution is 2.32. The van der Waals surface area contributed by atoms with E-state index in [1.165, 1.54) is 0 Å². The van der Waals surface area contributed by atoms with E-state index in [4.69, 9.17) is 14.6 Å². The first-order valence-corrected chi connectivity index (χ1v) is 6.12. The maximum absolute atomic E-state index is 11.9. The summed E-state index contributed by atoms with van der Waals surface area (Å²) in [7, 11) is 0. The highest BCUT2D eigenvalue weighted by Gasteiger charge is 2.46. The highest BCUT2D eigenvalue weighted by atomic mass is 16.6. The number of fused-ring (bicyclic) bond motifs is 2. The van der Waals surface area contributed by atoms with Crippen molar-refractivity contribution in [3.8, 4) is 0 Å². The van der Waals surface area contributed by atoms with Gasteiger partial charge in [-0.15, -0.1) is 0 Å². The molecule has 1 amide bonds. The summed E-state index contributed by atoms with van der Waals surface area (Å²) in [6, 6.07) is 0. The van der Waals surface area contributed by atoms with Crippen molar-refractivity contribution in [1.29, 1.82) is 0 Å². The van der Waals surface area contributed by atoms with E-state index < -0.39 is 29.7 Å². The van der Waals surface area contributed by atoms with Crippen LogP contribution >= 0.6 is 0 Å². The summed E-state index contributed by atoms with van der Waals surface area (Å²) < 4.78 is 10.8. The largest absolute Gasteiger partial charge is 0.481 e. The molecule has 0 aromatic carbocycles. The first-order valence-electron chi connectivity index (χ1n) is 6.12. The molecule has 0 aromatic rings. The van der Waals surface area contributed by atoms with Crippen LogP contribution in [0.3, 0.4) is 0 Å². The first-order chi connectivity index (χ1) is 8.26. The van der Waals surface area contributed by atoms with Gasteiger partial charge < -0.3 is 19.5 Å². The minimum Gasteiger partial charge on any atom is -0.481 e. The molecule has 6 nitrogen and oxygen atoms in total. The molecule has 6 heteroatoms. The monoisotopic (exact) mass is 257 g/mol. The molecular weight excluding hydrogens is 238 g/mol. The zero-order valence-electron chi connectivity index (χ0n) is 10.9. The third kappa shape index (κ3) is 2.75. The Hall–Kier alpha value is -1.30. The lowest BCUT2D eigenvalue weighted by Gasteiger charge is -2.33. The van der Waals surface area contributed by atoms with Crippen molar-refractivity contribution in [3.05, 3.63) is 0 Å². The molecule has 2 heterocycles. The third-order valence-corrected chi connectivity index (χ3v) is 3.13. The molecule has 2 saturated heterocycles. The zero-order valence-corrected chi connectivity index (χ0v) is 10.9. The summed E-state index contributed by atoms with van der Waals surface area (Å²) in [5, 5.41) is 9.06. The van der Waals surface area contributed by atoms with Gasteiger partial charge in [0.05, 0.1) is 31.2 Å². The second-order valence-corrected chi connectivity index (χ2v) is 5.86. The molecule has 102 valence electrons. The Kier molecular flexibility index (Phi) is 3.23. The number of hydrogen-bond acceptors (Lipinski definition) is 4. The van der Waals surface area contributed by atoms with Crippen molar-refractivity contribution in [2.24, 2.45) is 5.92 Å². The fourth-order valence-corrected chi connectivity index (χ4v) is 2.39. The SMILES string of the molecule is CC(C)(C)OC(=O)N1CC2CC(C(=O)O)C(C1)O2. The minimum atomic E-state index is -0.853. The molecule has 0 spiro atoms. The van der Waals surface area contributed by atoms with E-state index in [2.05, 4.69) is 0 Å². The van der Waals surface area contributed by atoms with Crippen LogP contribution in [0.25, 0.3) is 0 Å². The number of carbonyl (C=O) groups excluding carboxylic acids is 1. The molecule has 0 saturated carbocycles. The van der Waals surface area contributed by atoms with Gasteiger partial charge in [0.25, 0.3) is 0 Å². The van der Waals surface area contributed by atoms with Crippen LogP contribution in [0.4, 0.5) is 4.79 Å². The van der Waals surface area contributed by atoms with E-state index in [0.717, 1.165) is 0 Å². The molecule has 3 unspecified atom stereocenters. The van der Waals surface area contributed by atoms with E-state index in [1.54, 1.807) is 25.7 Å². The Balaban J connectivity index is 1.99. The van der Waals surface area contributed by atoms with Crippen LogP contribution in [0.15, 0.2) is 0 Å². The molecule has 2 bridgehead atoms. The molecular formula is C12H19NO5. The molecule has 18 heavy (non-hydrogen) atoms. The lowest BCUT2D eigenvalue weighted by atomic mass is 10.0. The zero-order chi connectivity index (χ0) is 13.5. The van der Waals surface area contributed by atoms with Crippen molar-refractivity contribution in [2.75, 3.05) is 13.1 Å². The van der Waals surface area contributed by atoms with Crippen molar-refractivity contribution in [1.82, 2.24) is 4.90 Å². The minimum absolute atomic E-state index is 0.183. The summed E-state index contributed by atoms with van der Waals surface area (Å²) in [6.45, 7) is 6.12. The second kappa shape index (κ2) is 4.42. The molecule has 2 aliphatic rings. The number of morpholine rings is 1. The van der Waals surface area contributed by atoms with Gasteiger partial charge in [-0.2, -0.15) is 0 Å². The Bertz CT molecular complexity index is 362. The van der Waals surface area contributed by atoms with Gasteiger partial charge in [0, 0.05) is 0 Å². The van der Waals surface area contributed by atoms with Gasteiger partial charge in [-0.1, -0.05) is 0 Å². The smallest absolute Gasteiger partial charge is 0.410 e. The van der Waals surface area contributed by atoms with Crippen LogP contribution in [-0.4, -0.2) is 53.0 Å². The number of amides is 1. The molecule has 0 aliphatic carbocycles. The van der Waals surface area contributed by atoms with Crippen molar-refractivity contribution < 1.29 is 24.2 Å². The average Bonchev–Trinajstić information content (AvgIpc) is 2.51. The Morgan fingerprint density at radius 2 is 2.00 bits per heavy atom. The van der Waals surface area contributed by atoms with E-state index in [0.29, 0.717) is 19.5 Å². The molecule has 3 atom stereocenters. The number of nitrogens with zero attached hydrogens (tertiary/aromatic N) is 1. The summed E-state index contributed by atoms with van der Waals surface area (Å²) in [4.78, 5) is 24.5. The summed E-state index contributed by atoms with van der Waals surface area (Å²) >= 11 is 0. The van der Waals surface area contributed by atoms with Gasteiger partial charge in [0.2, 0.25) is 0 Å². The van der Waals surface area contributed by atoms with E-state index in [1.807, 2.05) is 0 Å². The maximum Gasteiger partial charge on any atom is 0.410 e. The summed E-state index contributed by atoms with van der Waals surface area (Å²) in [6.07, 6.45) is -0.516. The molecule has 0 aromatic heterocycles. The van der Waals surface area contributed by atoms with Crippen LogP contribution in [0.1, 0.15) is 27.2 Å². The number of carboxylic acids is 1. The molecule has 1 N–H and O–H groups in total. The highest BCUT2D eigenvalue weighted by molar-refractivity contribution is 5.72. The quantitative estimate of drug-likeness (QED) is 0.761. The van der Waals surface area contributed by atoms with E-state index >= 15 is 0 Å². The third-order valence-electron chi connectivity index (χ3n) is 3.13. The number of rotatable bonds is 1. The Morgan fingerprint density at radius 3 is 2.56 bits per heavy atom. The lowest BCUT2D eigenvalue weighted by molar-refractivity contribution is -0.144. The van der Waals surface area contributed by atoms with Gasteiger partial charge in [-0.05, 0) is 27.2 Å². The van der Waals surface area contributed by atoms with Crippen LogP contribution in [0, 0.1) is 5.92 Å². The van der Waals surface area contributed by atoms with E-state index in [-0.39, 0.29) is 6.10 Å². The van der Waals surface area contributed by atoms with Gasteiger partial charge in [-0.25, -0.2) is 4.79 Å². The predicted octanol–water partition coefficient (Wildman–Crippen LogP) is 1.10. The number of carbonyl (C=O) groups is 2. The Labute approximate surface area is 106 Å². The van der Waals surface area contributed by atoms with Crippen LogP contribution in [-0.2, 0) is 14.3 Å². The fraction of sp³-hybridized carbons (Fsp3) is 0.833. The average molecular weight is 257 g/mol. The van der Waals surface area contributed by atoms with E-state index in [9.17, 15) is 9.59 Å². The first kappa shape index (κ1) is 13.1. The molecule has 0 radical (unpaired) electrons. The fourth-order valence-electron chi connectivity index (χ4n) is 2.39. The number of hydrogen-bond donors (Lipinski definition) is 1. The van der Waals surface area contributed by atoms with Gasteiger partial charge in [-0.3, -0.25) is 4.79 Å². The van der Waals surface area contributed by atoms with Crippen LogP contribution in [0.2, 0.25) is 0 Å². The maximum atomic E-state index is 11.9. The van der Waals surface area contributed by atoms with Crippen LogP contribution < -0.4 is 0 Å². The molecule has 2 rings (SSSR count). The van der Waals surface area contributed by atoms with Crippen LogP contribution in [0.5, 0.6) is 0 Å². The topological polar surface area (TPSA) is 76.1 Å². The lowest BCUT2D eigenvalue weighted by Crippen LogP contribution is -2.48. The number of likely N-dealkylation sites (tertiary alicyclic amines) is 1. The van der Waals surface area contributed by atoms with Crippen molar-refractivity contribution in [2.45, 2.75) is 45.0 Å². The molecule has 2 fully saturated rings. The second-order valence-electron chi connectivity index (χ2n) is 5.86. The number of ether oxygens (including phenoxy) is 2. The normalized spacial score (nSPS) is 31.3. The molecule has 2 aliphatic heterocycles. The predicted molar refractivity (Wildman–Crippen MR) is 62.2 cm³/mol. The number of carboxylic acid groups (broad SMARTS) is 1. The van der Waals surface area contributed by atoms with Crippen molar-refractivity contribution in [3.63, 3.8) is 0 Å². The van der Waals surface area contributed by atoms with Gasteiger partial charge in [0.1, 0.15) is 5.60 Å². The van der Waals surface area contributed by atoms with Crippen molar-refractivity contribution >= 4 is 12.1 Å². The number of aliphatic carboxylic acids is 1. The standard InChI is InChI=1S/C12H19NO5/c1-12(2,3)18-11(16)13-5-7-4-8(10(14)15)9(6-13)17-7/h7-9H,4-6H2,1-3H3,(H,14,15). The van der Waals surface area contributed by atoms with Gasteiger partial charge in [0.15, 0.2) is 0 Å².